The van der Waals surface area contributed by atoms with E-state index < -0.39 is 0 Å². The molecule has 120 valence electrons. The number of aryl methyl sites for hydroxylation is 1. The van der Waals surface area contributed by atoms with Gasteiger partial charge in [-0.05, 0) is 52.7 Å². The fourth-order valence-corrected chi connectivity index (χ4v) is 3.49. The van der Waals surface area contributed by atoms with Gasteiger partial charge in [0.05, 0.1) is 5.69 Å². The number of para-hydroxylation sites is 1. The van der Waals surface area contributed by atoms with Gasteiger partial charge in [0.2, 0.25) is 0 Å². The number of halogens is 1. The number of nitrogens with one attached hydrogen (secondary N) is 1. The molecule has 0 unspecified atom stereocenters. The van der Waals surface area contributed by atoms with Gasteiger partial charge in [-0.2, -0.15) is 0 Å². The first-order valence-corrected chi connectivity index (χ1v) is 8.55. The fourth-order valence-electron chi connectivity index (χ4n) is 2.74. The third kappa shape index (κ3) is 3.85. The molecule has 0 aromatic heterocycles. The zero-order chi connectivity index (χ0) is 16.2. The number of benzene rings is 2. The highest BCUT2D eigenvalue weighted by atomic mass is 79.9. The van der Waals surface area contributed by atoms with Crippen LogP contribution >= 0.6 is 15.9 Å². The average molecular weight is 374 g/mol. The van der Waals surface area contributed by atoms with Crippen molar-refractivity contribution in [2.45, 2.75) is 6.92 Å². The fraction of sp³-hybridized carbons (Fsp3) is 0.278. The summed E-state index contributed by atoms with van der Waals surface area (Å²) in [5.74, 6) is 0. The van der Waals surface area contributed by atoms with Gasteiger partial charge >= 0.3 is 6.03 Å². The van der Waals surface area contributed by atoms with Gasteiger partial charge in [-0.15, -0.1) is 0 Å². The summed E-state index contributed by atoms with van der Waals surface area (Å²) in [6, 6.07) is 15.9. The molecule has 0 saturated carbocycles. The van der Waals surface area contributed by atoms with Gasteiger partial charge < -0.3 is 15.1 Å². The lowest BCUT2D eigenvalue weighted by molar-refractivity contribution is 0.208. The second-order valence-electron chi connectivity index (χ2n) is 5.73. The molecule has 0 spiro atoms. The molecule has 23 heavy (non-hydrogen) atoms. The van der Waals surface area contributed by atoms with E-state index in [2.05, 4.69) is 51.3 Å². The summed E-state index contributed by atoms with van der Waals surface area (Å²) in [5, 5.41) is 2.94. The monoisotopic (exact) mass is 373 g/mol. The van der Waals surface area contributed by atoms with E-state index in [1.54, 1.807) is 0 Å². The Labute approximate surface area is 145 Å². The van der Waals surface area contributed by atoms with Crippen LogP contribution < -0.4 is 10.2 Å². The maximum Gasteiger partial charge on any atom is 0.321 e. The van der Waals surface area contributed by atoms with Crippen LogP contribution in [0.15, 0.2) is 53.0 Å². The van der Waals surface area contributed by atoms with E-state index in [0.717, 1.165) is 36.3 Å². The standard InChI is InChI=1S/C18H20BrN3O/c1-14-7-8-17(16(19)13-14)21-9-11-22(12-10-21)18(23)20-15-5-3-2-4-6-15/h2-8,13H,9-12H2,1H3,(H,20,23). The van der Waals surface area contributed by atoms with Gasteiger partial charge in [-0.25, -0.2) is 4.79 Å². The van der Waals surface area contributed by atoms with Crippen LogP contribution in [0.2, 0.25) is 0 Å². The number of hydrogen-bond acceptors (Lipinski definition) is 2. The molecule has 5 heteroatoms. The van der Waals surface area contributed by atoms with Crippen LogP contribution in [0.1, 0.15) is 5.56 Å². The van der Waals surface area contributed by atoms with Crippen molar-refractivity contribution in [2.75, 3.05) is 36.4 Å². The van der Waals surface area contributed by atoms with Gasteiger partial charge in [0.25, 0.3) is 0 Å². The number of anilines is 2. The number of piperazine rings is 1. The Morgan fingerprint density at radius 3 is 2.39 bits per heavy atom. The van der Waals surface area contributed by atoms with E-state index in [1.165, 1.54) is 11.3 Å². The van der Waals surface area contributed by atoms with Crippen molar-refractivity contribution < 1.29 is 4.79 Å². The Kier molecular flexibility index (Phi) is 4.86. The molecule has 2 aromatic rings. The van der Waals surface area contributed by atoms with Crippen LogP contribution in [0.4, 0.5) is 16.2 Å². The maximum absolute atomic E-state index is 12.3. The predicted octanol–water partition coefficient (Wildman–Crippen LogP) is 4.11. The third-order valence-corrected chi connectivity index (χ3v) is 4.67. The van der Waals surface area contributed by atoms with Gasteiger partial charge in [-0.3, -0.25) is 0 Å². The topological polar surface area (TPSA) is 35.6 Å². The Morgan fingerprint density at radius 2 is 1.74 bits per heavy atom. The molecule has 0 radical (unpaired) electrons. The summed E-state index contributed by atoms with van der Waals surface area (Å²) >= 11 is 3.64. The van der Waals surface area contributed by atoms with Gasteiger partial charge in [0, 0.05) is 36.3 Å². The van der Waals surface area contributed by atoms with Crippen LogP contribution in [0.3, 0.4) is 0 Å². The van der Waals surface area contributed by atoms with Crippen molar-refractivity contribution in [3.05, 3.63) is 58.6 Å². The molecule has 1 heterocycles. The minimum Gasteiger partial charge on any atom is -0.367 e. The van der Waals surface area contributed by atoms with E-state index in [1.807, 2.05) is 35.2 Å². The van der Waals surface area contributed by atoms with Crippen molar-refractivity contribution in [1.82, 2.24) is 4.90 Å². The summed E-state index contributed by atoms with van der Waals surface area (Å²) in [6.45, 7) is 5.20. The number of urea groups is 1. The van der Waals surface area contributed by atoms with Crippen molar-refractivity contribution in [2.24, 2.45) is 0 Å². The third-order valence-electron chi connectivity index (χ3n) is 4.04. The number of nitrogens with zero attached hydrogens (tertiary/aromatic N) is 2. The predicted molar refractivity (Wildman–Crippen MR) is 98.1 cm³/mol. The minimum atomic E-state index is -0.0289. The summed E-state index contributed by atoms with van der Waals surface area (Å²) in [6.07, 6.45) is 0. The molecule has 1 aliphatic heterocycles. The number of hydrogen-bond donors (Lipinski definition) is 1. The first-order valence-electron chi connectivity index (χ1n) is 7.75. The highest BCUT2D eigenvalue weighted by Crippen LogP contribution is 2.28. The Hall–Kier alpha value is -2.01. The molecule has 1 N–H and O–H groups in total. The van der Waals surface area contributed by atoms with Crippen molar-refractivity contribution in [3.63, 3.8) is 0 Å². The van der Waals surface area contributed by atoms with E-state index in [4.69, 9.17) is 0 Å². The Balaban J connectivity index is 1.59. The molecule has 2 aromatic carbocycles. The Bertz CT molecular complexity index is 682. The van der Waals surface area contributed by atoms with E-state index >= 15 is 0 Å². The molecule has 0 bridgehead atoms. The number of amides is 2. The van der Waals surface area contributed by atoms with Gasteiger partial charge in [0.15, 0.2) is 0 Å². The summed E-state index contributed by atoms with van der Waals surface area (Å²) in [4.78, 5) is 16.5. The van der Waals surface area contributed by atoms with Crippen LogP contribution in [0.25, 0.3) is 0 Å². The van der Waals surface area contributed by atoms with Crippen LogP contribution in [-0.2, 0) is 0 Å². The van der Waals surface area contributed by atoms with Crippen LogP contribution in [-0.4, -0.2) is 37.1 Å². The molecule has 2 amide bonds. The molecule has 0 aliphatic carbocycles. The average Bonchev–Trinajstić information content (AvgIpc) is 2.56. The highest BCUT2D eigenvalue weighted by Gasteiger charge is 2.22. The van der Waals surface area contributed by atoms with Crippen molar-refractivity contribution in [3.8, 4) is 0 Å². The van der Waals surface area contributed by atoms with E-state index in [9.17, 15) is 4.79 Å². The number of carbonyl (C=O) groups is 1. The molecule has 1 saturated heterocycles. The normalized spacial score (nSPS) is 14.7. The maximum atomic E-state index is 12.3. The highest BCUT2D eigenvalue weighted by molar-refractivity contribution is 9.10. The summed E-state index contributed by atoms with van der Waals surface area (Å²) < 4.78 is 1.11. The first-order chi connectivity index (χ1) is 11.1. The zero-order valence-electron chi connectivity index (χ0n) is 13.1. The van der Waals surface area contributed by atoms with Gasteiger partial charge in [-0.1, -0.05) is 24.3 Å². The van der Waals surface area contributed by atoms with Crippen molar-refractivity contribution >= 4 is 33.3 Å². The van der Waals surface area contributed by atoms with Gasteiger partial charge in [0.1, 0.15) is 0 Å². The van der Waals surface area contributed by atoms with Crippen LogP contribution in [0.5, 0.6) is 0 Å². The lowest BCUT2D eigenvalue weighted by Crippen LogP contribution is -2.50. The quantitative estimate of drug-likeness (QED) is 0.859. The zero-order valence-corrected chi connectivity index (χ0v) is 14.7. The molecule has 4 nitrogen and oxygen atoms in total. The molecular formula is C18H20BrN3O. The number of rotatable bonds is 2. The smallest absolute Gasteiger partial charge is 0.321 e. The van der Waals surface area contributed by atoms with Crippen molar-refractivity contribution in [1.29, 1.82) is 0 Å². The van der Waals surface area contributed by atoms with E-state index in [-0.39, 0.29) is 6.03 Å². The largest absolute Gasteiger partial charge is 0.367 e. The lowest BCUT2D eigenvalue weighted by atomic mass is 10.2. The summed E-state index contributed by atoms with van der Waals surface area (Å²) in [7, 11) is 0. The molecule has 1 aliphatic rings. The minimum absolute atomic E-state index is 0.0289. The number of carbonyl (C=O) groups excluding carboxylic acids is 1. The second kappa shape index (κ2) is 7.04. The molecule has 1 fully saturated rings. The summed E-state index contributed by atoms with van der Waals surface area (Å²) in [5.41, 5.74) is 3.27. The molecular weight excluding hydrogens is 354 g/mol. The second-order valence-corrected chi connectivity index (χ2v) is 6.58. The molecule has 0 atom stereocenters. The lowest BCUT2D eigenvalue weighted by Gasteiger charge is -2.36. The first kappa shape index (κ1) is 15.9. The van der Waals surface area contributed by atoms with E-state index in [0.29, 0.717) is 0 Å². The molecule has 3 rings (SSSR count). The SMILES string of the molecule is Cc1ccc(N2CCN(C(=O)Nc3ccccc3)CC2)c(Br)c1. The Morgan fingerprint density at radius 1 is 1.04 bits per heavy atom. The van der Waals surface area contributed by atoms with Crippen LogP contribution in [0, 0.1) is 6.92 Å².